The predicted molar refractivity (Wildman–Crippen MR) is 219 cm³/mol. The zero-order valence-corrected chi connectivity index (χ0v) is 36.0. The molecule has 6 rings (SSSR count). The van der Waals surface area contributed by atoms with Gasteiger partial charge in [-0.05, 0) is 54.5 Å². The van der Waals surface area contributed by atoms with E-state index in [0.717, 1.165) is 47.2 Å². The molecule has 2 aromatic carbocycles. The Morgan fingerprint density at radius 3 is 2.22 bits per heavy atom. The van der Waals surface area contributed by atoms with E-state index in [0.29, 0.717) is 11.2 Å². The first kappa shape index (κ1) is 41.0. The second kappa shape index (κ2) is 16.5. The minimum absolute atomic E-state index is 0. The van der Waals surface area contributed by atoms with Crippen molar-refractivity contribution in [1.29, 1.82) is 0 Å². The summed E-state index contributed by atoms with van der Waals surface area (Å²) in [5, 5.41) is 16.6. The number of hydrogen-bond donors (Lipinski definition) is 1. The Labute approximate surface area is 328 Å². The summed E-state index contributed by atoms with van der Waals surface area (Å²) in [7, 11) is 0. The molecule has 0 spiro atoms. The normalized spacial score (nSPS) is 17.5. The van der Waals surface area contributed by atoms with E-state index in [1.165, 1.54) is 38.4 Å². The Bertz CT molecular complexity index is 2000. The molecule has 2 aliphatic rings. The molecule has 0 saturated heterocycles. The van der Waals surface area contributed by atoms with Crippen LogP contribution in [0.25, 0.3) is 37.2 Å². The van der Waals surface area contributed by atoms with Crippen molar-refractivity contribution in [2.75, 3.05) is 0 Å². The Balaban J connectivity index is 0.000000279. The number of aliphatic hydroxyl groups excluding tert-OH is 1. The van der Waals surface area contributed by atoms with Crippen molar-refractivity contribution in [3.63, 3.8) is 0 Å². The average Bonchev–Trinajstić information content (AvgIpc) is 3.73. The molecule has 6 heteroatoms. The predicted octanol–water partition coefficient (Wildman–Crippen LogP) is 13.4. The maximum absolute atomic E-state index is 12.2. The molecule has 4 aromatic rings. The van der Waals surface area contributed by atoms with Crippen LogP contribution < -0.4 is 0 Å². The van der Waals surface area contributed by atoms with Gasteiger partial charge in [-0.25, -0.2) is 0 Å². The third kappa shape index (κ3) is 8.57. The Morgan fingerprint density at radius 1 is 0.941 bits per heavy atom. The molecule has 0 saturated carbocycles. The maximum Gasteiger partial charge on any atom is 0.164 e. The van der Waals surface area contributed by atoms with Crippen LogP contribution in [0.15, 0.2) is 84.0 Å². The van der Waals surface area contributed by atoms with Crippen LogP contribution in [0.3, 0.4) is 0 Å². The second-order valence-electron chi connectivity index (χ2n) is 15.4. The number of hydrogen-bond acceptors (Lipinski definition) is 5. The zero-order chi connectivity index (χ0) is 36.4. The van der Waals surface area contributed by atoms with E-state index in [1.807, 2.05) is 53.3 Å². The molecule has 3 heterocycles. The van der Waals surface area contributed by atoms with Gasteiger partial charge in [0.2, 0.25) is 0 Å². The van der Waals surface area contributed by atoms with Gasteiger partial charge >= 0.3 is 0 Å². The number of fused-ring (bicyclic) bond motifs is 3. The number of benzene rings is 2. The van der Waals surface area contributed by atoms with Crippen molar-refractivity contribution in [3.8, 4) is 11.3 Å². The van der Waals surface area contributed by atoms with E-state index >= 15 is 0 Å². The van der Waals surface area contributed by atoms with Crippen molar-refractivity contribution >= 4 is 54.8 Å². The first-order valence-electron chi connectivity index (χ1n) is 18.2. The first-order valence-corrected chi connectivity index (χ1v) is 20.0. The van der Waals surface area contributed by atoms with Gasteiger partial charge in [-0.15, -0.1) is 52.2 Å². The SMILES string of the molecule is CCC(C)(CC)C(=O)/C=C(\O)C(C)(CC)CC.Cc1csc2nc(-c3[c-]c4ccccc4c(C(C)(C)C)c3)cc(C3=CC4C=CC=CC4S3)c12.[Ir]. The molecule has 1 aliphatic heterocycles. The Hall–Kier alpha value is -2.76. The molecule has 1 N–H and O–H groups in total. The molecule has 0 fully saturated rings. The number of carbonyl (C=O) groups excluding carboxylic acids is 1. The van der Waals surface area contributed by atoms with E-state index in [9.17, 15) is 9.90 Å². The number of thiophene rings is 1. The molecule has 1 radical (unpaired) electrons. The Kier molecular flexibility index (Phi) is 13.3. The van der Waals surface area contributed by atoms with Gasteiger partial charge < -0.3 is 5.11 Å². The van der Waals surface area contributed by atoms with Gasteiger partial charge in [0.1, 0.15) is 10.6 Å². The molecular formula is C45H54IrNO2S2-. The van der Waals surface area contributed by atoms with Crippen LogP contribution >= 0.6 is 23.1 Å². The number of pyridine rings is 1. The molecule has 273 valence electrons. The molecular weight excluding hydrogens is 843 g/mol. The van der Waals surface area contributed by atoms with Crippen molar-refractivity contribution in [1.82, 2.24) is 4.98 Å². The molecule has 3 nitrogen and oxygen atoms in total. The summed E-state index contributed by atoms with van der Waals surface area (Å²) < 4.78 is 0. The second-order valence-corrected chi connectivity index (χ2v) is 17.5. The summed E-state index contributed by atoms with van der Waals surface area (Å²) in [4.78, 5) is 19.8. The third-order valence-electron chi connectivity index (χ3n) is 11.2. The number of thioether (sulfide) groups is 1. The number of rotatable bonds is 9. The van der Waals surface area contributed by atoms with Crippen molar-refractivity contribution < 1.29 is 30.0 Å². The van der Waals surface area contributed by atoms with Crippen LogP contribution in [-0.2, 0) is 30.3 Å². The van der Waals surface area contributed by atoms with Crippen LogP contribution in [0.4, 0.5) is 0 Å². The fourth-order valence-corrected chi connectivity index (χ4v) is 8.84. The minimum atomic E-state index is -0.337. The summed E-state index contributed by atoms with van der Waals surface area (Å²) in [5.41, 5.74) is 5.49. The summed E-state index contributed by atoms with van der Waals surface area (Å²) in [5.74, 6) is 0.758. The summed E-state index contributed by atoms with van der Waals surface area (Å²) >= 11 is 3.72. The summed E-state index contributed by atoms with van der Waals surface area (Å²) in [6.45, 7) is 21.1. The summed E-state index contributed by atoms with van der Waals surface area (Å²) in [6, 6.07) is 16.9. The number of aromatic nitrogens is 1. The van der Waals surface area contributed by atoms with E-state index in [1.54, 1.807) is 11.3 Å². The first-order chi connectivity index (χ1) is 23.7. The van der Waals surface area contributed by atoms with Crippen LogP contribution in [0.2, 0.25) is 0 Å². The standard InChI is InChI=1S/C30H26NS2.C15H28O2.Ir/c1-18-17-32-29-28(18)23(27-15-20-10-6-8-12-26(20)33-27)16-25(31-29)21-13-19-9-5-7-11-22(19)24(14-21)30(2,3)4;1-7-14(5,8-2)12(16)11-13(17)15(6,9-3)10-4;/h5-12,14-17,20,26H,1-4H3;11,16H,7-10H2,1-6H3;/q-1;;/b;12-11-;. The molecule has 2 atom stereocenters. The summed E-state index contributed by atoms with van der Waals surface area (Å²) in [6.07, 6.45) is 16.2. The van der Waals surface area contributed by atoms with Gasteiger partial charge in [-0.3, -0.25) is 9.78 Å². The van der Waals surface area contributed by atoms with Gasteiger partial charge in [-0.2, -0.15) is 0 Å². The number of allylic oxidation sites excluding steroid dienone is 6. The van der Waals surface area contributed by atoms with Crippen molar-refractivity contribution in [2.45, 2.75) is 106 Å². The monoisotopic (exact) mass is 897 g/mol. The fraction of sp³-hybridized carbons (Fsp3) is 0.422. The van der Waals surface area contributed by atoms with Crippen LogP contribution in [0.5, 0.6) is 0 Å². The van der Waals surface area contributed by atoms with Gasteiger partial charge in [0.15, 0.2) is 5.78 Å². The third-order valence-corrected chi connectivity index (χ3v) is 13.5. The Morgan fingerprint density at radius 2 is 1.59 bits per heavy atom. The molecule has 2 unspecified atom stereocenters. The van der Waals surface area contributed by atoms with E-state index in [-0.39, 0.29) is 47.9 Å². The average molecular weight is 897 g/mol. The largest absolute Gasteiger partial charge is 0.512 e. The number of nitrogens with zero attached hydrogens (tertiary/aromatic N) is 1. The quantitative estimate of drug-likeness (QED) is 0.103. The van der Waals surface area contributed by atoms with Crippen molar-refractivity contribution in [2.24, 2.45) is 16.7 Å². The molecule has 1 aliphatic carbocycles. The molecule has 0 amide bonds. The smallest absolute Gasteiger partial charge is 0.164 e. The number of aliphatic hydroxyl groups is 1. The fourth-order valence-electron chi connectivity index (χ4n) is 6.58. The van der Waals surface area contributed by atoms with Crippen LogP contribution in [0, 0.1) is 29.7 Å². The van der Waals surface area contributed by atoms with Gasteiger partial charge in [0.05, 0.1) is 0 Å². The minimum Gasteiger partial charge on any atom is -0.512 e. The number of aryl methyl sites for hydroxylation is 1. The van der Waals surface area contributed by atoms with E-state index in [2.05, 4.69) is 106 Å². The number of ketones is 1. The van der Waals surface area contributed by atoms with E-state index in [4.69, 9.17) is 4.98 Å². The molecule has 0 bridgehead atoms. The zero-order valence-electron chi connectivity index (χ0n) is 31.9. The van der Waals surface area contributed by atoms with Crippen LogP contribution in [-0.4, -0.2) is 21.1 Å². The topological polar surface area (TPSA) is 50.2 Å². The molecule has 51 heavy (non-hydrogen) atoms. The molecule has 2 aromatic heterocycles. The van der Waals surface area contributed by atoms with E-state index < -0.39 is 0 Å². The van der Waals surface area contributed by atoms with Crippen LogP contribution in [0.1, 0.15) is 105 Å². The van der Waals surface area contributed by atoms with Gasteiger partial charge in [0.25, 0.3) is 0 Å². The van der Waals surface area contributed by atoms with Gasteiger partial charge in [0, 0.05) is 64.2 Å². The maximum atomic E-state index is 12.2. The van der Waals surface area contributed by atoms with Gasteiger partial charge in [-0.1, -0.05) is 128 Å². The van der Waals surface area contributed by atoms with Crippen molar-refractivity contribution in [3.05, 3.63) is 107 Å². The number of carbonyl (C=O) groups is 1.